The third-order valence-corrected chi connectivity index (χ3v) is 2.68. The topological polar surface area (TPSA) is 58.6 Å². The molecule has 2 N–H and O–H groups in total. The van der Waals surface area contributed by atoms with E-state index in [1.165, 1.54) is 0 Å². The third kappa shape index (κ3) is 3.64. The van der Waals surface area contributed by atoms with E-state index < -0.39 is 5.60 Å². The van der Waals surface area contributed by atoms with E-state index in [1.807, 2.05) is 0 Å². The average molecular weight is 201 g/mol. The Morgan fingerprint density at radius 1 is 1.50 bits per heavy atom. The van der Waals surface area contributed by atoms with Crippen LogP contribution in [0.25, 0.3) is 0 Å². The minimum Gasteiger partial charge on any atom is -0.388 e. The first-order valence-electron chi connectivity index (χ1n) is 5.14. The second-order valence-corrected chi connectivity index (χ2v) is 3.95. The summed E-state index contributed by atoms with van der Waals surface area (Å²) >= 11 is 0. The Hall–Kier alpha value is -0.610. The fraction of sp³-hybridized carbons (Fsp3) is 0.900. The Labute approximate surface area is 84.6 Å². The molecule has 4 nitrogen and oxygen atoms in total. The Kier molecular flexibility index (Phi) is 4.35. The molecule has 1 saturated carbocycles. The maximum absolute atomic E-state index is 11.2. The lowest BCUT2D eigenvalue weighted by molar-refractivity contribution is -0.123. The Morgan fingerprint density at radius 3 is 2.71 bits per heavy atom. The lowest BCUT2D eigenvalue weighted by Gasteiger charge is -2.22. The first kappa shape index (κ1) is 11.5. The first-order valence-corrected chi connectivity index (χ1v) is 5.14. The number of amides is 1. The fourth-order valence-electron chi connectivity index (χ4n) is 1.76. The number of carbonyl (C=O) groups is 1. The summed E-state index contributed by atoms with van der Waals surface area (Å²) in [5.74, 6) is -0.0489. The minimum absolute atomic E-state index is 0.0489. The minimum atomic E-state index is -0.650. The molecule has 0 aromatic rings. The van der Waals surface area contributed by atoms with Gasteiger partial charge in [-0.2, -0.15) is 0 Å². The first-order chi connectivity index (χ1) is 6.66. The fourth-order valence-corrected chi connectivity index (χ4v) is 1.76. The number of aliphatic hydroxyl groups is 1. The number of methoxy groups -OCH3 is 1. The predicted molar refractivity (Wildman–Crippen MR) is 52.9 cm³/mol. The van der Waals surface area contributed by atoms with Gasteiger partial charge in [0.25, 0.3) is 0 Å². The number of nitrogens with one attached hydrogen (secondary N) is 1. The number of ether oxygens (including phenoxy) is 1. The van der Waals surface area contributed by atoms with Crippen LogP contribution in [-0.2, 0) is 9.53 Å². The van der Waals surface area contributed by atoms with Crippen molar-refractivity contribution in [2.24, 2.45) is 0 Å². The zero-order chi connectivity index (χ0) is 10.4. The van der Waals surface area contributed by atoms with E-state index in [0.717, 1.165) is 25.7 Å². The van der Waals surface area contributed by atoms with Crippen molar-refractivity contribution in [2.75, 3.05) is 20.3 Å². The number of hydrogen-bond acceptors (Lipinski definition) is 3. The van der Waals surface area contributed by atoms with E-state index in [-0.39, 0.29) is 5.91 Å². The predicted octanol–water partition coefficient (Wildman–Crippen LogP) is 0.444. The molecule has 0 heterocycles. The van der Waals surface area contributed by atoms with Crippen LogP contribution in [0.5, 0.6) is 0 Å². The maximum atomic E-state index is 11.2. The highest BCUT2D eigenvalue weighted by Gasteiger charge is 2.31. The largest absolute Gasteiger partial charge is 0.388 e. The summed E-state index contributed by atoms with van der Waals surface area (Å²) in [5, 5.41) is 12.7. The quantitative estimate of drug-likeness (QED) is 0.678. The van der Waals surface area contributed by atoms with Gasteiger partial charge in [0.15, 0.2) is 0 Å². The van der Waals surface area contributed by atoms with Gasteiger partial charge in [-0.15, -0.1) is 0 Å². The lowest BCUT2D eigenvalue weighted by atomic mass is 10.0. The molecule has 0 aromatic carbocycles. The molecule has 0 saturated heterocycles. The monoisotopic (exact) mass is 201 g/mol. The van der Waals surface area contributed by atoms with E-state index in [1.54, 1.807) is 7.11 Å². The highest BCUT2D eigenvalue weighted by atomic mass is 16.5. The van der Waals surface area contributed by atoms with Gasteiger partial charge in [-0.3, -0.25) is 4.79 Å². The molecule has 82 valence electrons. The summed E-state index contributed by atoms with van der Waals surface area (Å²) in [4.78, 5) is 11.2. The van der Waals surface area contributed by atoms with Crippen molar-refractivity contribution >= 4 is 5.91 Å². The van der Waals surface area contributed by atoms with Crippen LogP contribution >= 0.6 is 0 Å². The molecular formula is C10H19NO3. The summed E-state index contributed by atoms with van der Waals surface area (Å²) in [6.07, 6.45) is 4.09. The van der Waals surface area contributed by atoms with Crippen LogP contribution in [0.2, 0.25) is 0 Å². The normalized spacial score (nSPS) is 19.6. The van der Waals surface area contributed by atoms with Crippen LogP contribution in [0, 0.1) is 0 Å². The van der Waals surface area contributed by atoms with Gasteiger partial charge in [0.2, 0.25) is 5.91 Å². The zero-order valence-electron chi connectivity index (χ0n) is 8.71. The van der Waals surface area contributed by atoms with Crippen molar-refractivity contribution in [3.63, 3.8) is 0 Å². The van der Waals surface area contributed by atoms with E-state index in [4.69, 9.17) is 4.74 Å². The molecule has 0 aromatic heterocycles. The van der Waals surface area contributed by atoms with Gasteiger partial charge < -0.3 is 15.2 Å². The van der Waals surface area contributed by atoms with Gasteiger partial charge in [-0.25, -0.2) is 0 Å². The highest BCUT2D eigenvalue weighted by Crippen LogP contribution is 2.28. The molecule has 1 aliphatic rings. The molecule has 4 heteroatoms. The smallest absolute Gasteiger partial charge is 0.222 e. The van der Waals surface area contributed by atoms with Gasteiger partial charge in [-0.1, -0.05) is 12.8 Å². The Morgan fingerprint density at radius 2 is 2.14 bits per heavy atom. The molecular weight excluding hydrogens is 182 g/mol. The van der Waals surface area contributed by atoms with E-state index in [0.29, 0.717) is 19.6 Å². The van der Waals surface area contributed by atoms with E-state index in [2.05, 4.69) is 5.32 Å². The van der Waals surface area contributed by atoms with Crippen molar-refractivity contribution in [1.29, 1.82) is 0 Å². The summed E-state index contributed by atoms with van der Waals surface area (Å²) in [6.45, 7) is 0.819. The van der Waals surface area contributed by atoms with Crippen LogP contribution in [0.1, 0.15) is 32.1 Å². The van der Waals surface area contributed by atoms with Crippen molar-refractivity contribution in [3.8, 4) is 0 Å². The van der Waals surface area contributed by atoms with E-state index in [9.17, 15) is 9.90 Å². The molecule has 0 unspecified atom stereocenters. The van der Waals surface area contributed by atoms with Crippen molar-refractivity contribution < 1.29 is 14.6 Å². The van der Waals surface area contributed by atoms with Crippen molar-refractivity contribution in [1.82, 2.24) is 5.32 Å². The van der Waals surface area contributed by atoms with Crippen LogP contribution in [0.4, 0.5) is 0 Å². The van der Waals surface area contributed by atoms with Gasteiger partial charge in [-0.05, 0) is 12.8 Å². The number of hydrogen-bond donors (Lipinski definition) is 2. The van der Waals surface area contributed by atoms with Crippen LogP contribution in [-0.4, -0.2) is 36.9 Å². The molecule has 0 aliphatic heterocycles. The molecule has 1 fully saturated rings. The summed E-state index contributed by atoms with van der Waals surface area (Å²) in [7, 11) is 1.57. The van der Waals surface area contributed by atoms with Crippen LogP contribution in [0.3, 0.4) is 0 Å². The van der Waals surface area contributed by atoms with Crippen molar-refractivity contribution in [3.05, 3.63) is 0 Å². The van der Waals surface area contributed by atoms with Gasteiger partial charge in [0.05, 0.1) is 12.2 Å². The van der Waals surface area contributed by atoms with Crippen molar-refractivity contribution in [2.45, 2.75) is 37.7 Å². The van der Waals surface area contributed by atoms with Crippen LogP contribution < -0.4 is 5.32 Å². The molecule has 0 spiro atoms. The molecule has 1 amide bonds. The SMILES string of the molecule is COCCC(=O)NCC1(O)CCCC1. The molecule has 14 heavy (non-hydrogen) atoms. The lowest BCUT2D eigenvalue weighted by Crippen LogP contribution is -2.40. The molecule has 1 rings (SSSR count). The van der Waals surface area contributed by atoms with Gasteiger partial charge >= 0.3 is 0 Å². The van der Waals surface area contributed by atoms with E-state index >= 15 is 0 Å². The molecule has 0 radical (unpaired) electrons. The standard InChI is InChI=1S/C10H19NO3/c1-14-7-4-9(12)11-8-10(13)5-2-3-6-10/h13H,2-8H2,1H3,(H,11,12). The molecule has 0 atom stereocenters. The number of carbonyl (C=O) groups excluding carboxylic acids is 1. The zero-order valence-corrected chi connectivity index (χ0v) is 8.71. The average Bonchev–Trinajstić information content (AvgIpc) is 2.60. The molecule has 1 aliphatic carbocycles. The summed E-state index contributed by atoms with van der Waals surface area (Å²) in [5.41, 5.74) is -0.650. The van der Waals surface area contributed by atoms with Gasteiger partial charge in [0.1, 0.15) is 0 Å². The summed E-state index contributed by atoms with van der Waals surface area (Å²) < 4.78 is 4.79. The van der Waals surface area contributed by atoms with Gasteiger partial charge in [0, 0.05) is 20.1 Å². The Balaban J connectivity index is 2.15. The highest BCUT2D eigenvalue weighted by molar-refractivity contribution is 5.76. The second-order valence-electron chi connectivity index (χ2n) is 3.95. The molecule has 0 bridgehead atoms. The summed E-state index contributed by atoms with van der Waals surface area (Å²) in [6, 6.07) is 0. The Bertz CT molecular complexity index is 188. The second kappa shape index (κ2) is 5.32. The maximum Gasteiger partial charge on any atom is 0.222 e. The van der Waals surface area contributed by atoms with Crippen LogP contribution in [0.15, 0.2) is 0 Å². The third-order valence-electron chi connectivity index (χ3n) is 2.68. The number of rotatable bonds is 5.